The first-order chi connectivity index (χ1) is 8.40. The molecule has 1 aliphatic rings. The summed E-state index contributed by atoms with van der Waals surface area (Å²) in [4.78, 5) is 10.1. The van der Waals surface area contributed by atoms with Gasteiger partial charge in [-0.25, -0.2) is 0 Å². The number of benzene rings is 1. The lowest BCUT2D eigenvalue weighted by Gasteiger charge is -2.10. The zero-order valence-corrected chi connectivity index (χ0v) is 9.80. The molecule has 2 heteroatoms. The van der Waals surface area contributed by atoms with Crippen LogP contribution in [0.1, 0.15) is 30.0 Å². The molecule has 1 fully saturated rings. The van der Waals surface area contributed by atoms with E-state index in [1.807, 2.05) is 12.2 Å². The Labute approximate surface area is 102 Å². The van der Waals surface area contributed by atoms with Gasteiger partial charge >= 0.3 is 0 Å². The molecule has 1 atom stereocenters. The van der Waals surface area contributed by atoms with Crippen LogP contribution in [0.3, 0.4) is 0 Å². The second-order valence-electron chi connectivity index (χ2n) is 4.20. The fraction of sp³-hybridized carbons (Fsp3) is 0.267. The van der Waals surface area contributed by atoms with Crippen LogP contribution in [-0.2, 0) is 4.79 Å². The van der Waals surface area contributed by atoms with Crippen molar-refractivity contribution in [2.45, 2.75) is 18.9 Å². The second kappa shape index (κ2) is 6.16. The Morgan fingerprint density at radius 3 is 2.59 bits per heavy atom. The van der Waals surface area contributed by atoms with Crippen LogP contribution < -0.4 is 5.32 Å². The van der Waals surface area contributed by atoms with Gasteiger partial charge in [-0.15, -0.1) is 0 Å². The molecule has 0 aromatic heterocycles. The highest BCUT2D eigenvalue weighted by atomic mass is 16.1. The molecule has 1 unspecified atom stereocenters. The Balaban J connectivity index is 1.99. The van der Waals surface area contributed by atoms with E-state index in [2.05, 4.69) is 29.6 Å². The van der Waals surface area contributed by atoms with E-state index in [0.717, 1.165) is 18.4 Å². The van der Waals surface area contributed by atoms with Gasteiger partial charge in [-0.05, 0) is 36.6 Å². The van der Waals surface area contributed by atoms with Crippen LogP contribution in [0.15, 0.2) is 42.5 Å². The fourth-order valence-electron chi connectivity index (χ4n) is 2.08. The van der Waals surface area contributed by atoms with Gasteiger partial charge in [0, 0.05) is 6.04 Å². The summed E-state index contributed by atoms with van der Waals surface area (Å²) in [6.07, 6.45) is 10.4. The zero-order valence-electron chi connectivity index (χ0n) is 9.80. The molecule has 0 aliphatic carbocycles. The Hall–Kier alpha value is -1.67. The molecule has 2 rings (SSSR count). The van der Waals surface area contributed by atoms with Crippen LogP contribution in [-0.4, -0.2) is 12.8 Å². The second-order valence-corrected chi connectivity index (χ2v) is 4.20. The number of nitrogens with one attached hydrogen (secondary N) is 1. The van der Waals surface area contributed by atoms with Crippen molar-refractivity contribution in [1.82, 2.24) is 5.32 Å². The molecule has 0 spiro atoms. The predicted molar refractivity (Wildman–Crippen MR) is 70.7 cm³/mol. The Bertz CT molecular complexity index is 411. The largest absolute Gasteiger partial charge is 0.310 e. The molecular formula is C15H17NO. The minimum absolute atomic E-state index is 0.531. The molecular weight excluding hydrogens is 210 g/mol. The summed E-state index contributed by atoms with van der Waals surface area (Å²) >= 11 is 0. The Kier molecular flexibility index (Phi) is 4.28. The highest BCUT2D eigenvalue weighted by Gasteiger charge is 2.15. The van der Waals surface area contributed by atoms with Gasteiger partial charge in [-0.3, -0.25) is 4.79 Å². The third-order valence-electron chi connectivity index (χ3n) is 2.99. The summed E-state index contributed by atoms with van der Waals surface area (Å²) in [7, 11) is 0. The van der Waals surface area contributed by atoms with Crippen molar-refractivity contribution in [3.8, 4) is 0 Å². The van der Waals surface area contributed by atoms with Crippen LogP contribution in [0.25, 0.3) is 6.08 Å². The minimum Gasteiger partial charge on any atom is -0.310 e. The van der Waals surface area contributed by atoms with E-state index in [9.17, 15) is 4.79 Å². The van der Waals surface area contributed by atoms with Gasteiger partial charge < -0.3 is 5.32 Å². The average Bonchev–Trinajstić information content (AvgIpc) is 2.89. The first kappa shape index (κ1) is 11.8. The van der Waals surface area contributed by atoms with E-state index in [1.54, 1.807) is 6.08 Å². The molecule has 1 aromatic rings. The molecule has 1 heterocycles. The van der Waals surface area contributed by atoms with Crippen LogP contribution in [0.4, 0.5) is 0 Å². The van der Waals surface area contributed by atoms with E-state index in [1.165, 1.54) is 24.5 Å². The first-order valence-corrected chi connectivity index (χ1v) is 6.02. The van der Waals surface area contributed by atoms with Crippen LogP contribution in [0, 0.1) is 0 Å². The third-order valence-corrected chi connectivity index (χ3v) is 2.99. The van der Waals surface area contributed by atoms with Gasteiger partial charge in [0.15, 0.2) is 0 Å². The van der Waals surface area contributed by atoms with Crippen molar-refractivity contribution < 1.29 is 4.79 Å². The molecule has 17 heavy (non-hydrogen) atoms. The van der Waals surface area contributed by atoms with Crippen molar-refractivity contribution >= 4 is 12.4 Å². The molecule has 0 bridgehead atoms. The number of hydrogen-bond donors (Lipinski definition) is 1. The molecule has 1 saturated heterocycles. The van der Waals surface area contributed by atoms with Gasteiger partial charge in [-0.1, -0.05) is 42.5 Å². The van der Waals surface area contributed by atoms with Gasteiger partial charge in [0.05, 0.1) is 0 Å². The molecule has 1 aliphatic heterocycles. The molecule has 1 N–H and O–H groups in total. The maximum Gasteiger partial charge on any atom is 0.142 e. The summed E-state index contributed by atoms with van der Waals surface area (Å²) in [5.74, 6) is 0. The summed E-state index contributed by atoms with van der Waals surface area (Å²) in [5, 5.41) is 3.48. The summed E-state index contributed by atoms with van der Waals surface area (Å²) < 4.78 is 0. The predicted octanol–water partition coefficient (Wildman–Crippen LogP) is 2.88. The normalized spacial score (nSPS) is 20.4. The van der Waals surface area contributed by atoms with Crippen molar-refractivity contribution in [3.63, 3.8) is 0 Å². The smallest absolute Gasteiger partial charge is 0.142 e. The number of allylic oxidation sites excluding steroid dienone is 3. The zero-order chi connectivity index (χ0) is 11.9. The van der Waals surface area contributed by atoms with Gasteiger partial charge in [0.25, 0.3) is 0 Å². The van der Waals surface area contributed by atoms with Crippen LogP contribution in [0.5, 0.6) is 0 Å². The highest BCUT2D eigenvalue weighted by molar-refractivity contribution is 5.66. The summed E-state index contributed by atoms with van der Waals surface area (Å²) in [6, 6.07) is 9.10. The maximum absolute atomic E-state index is 10.1. The number of aldehydes is 1. The lowest BCUT2D eigenvalue weighted by Crippen LogP contribution is -2.12. The maximum atomic E-state index is 10.1. The number of rotatable bonds is 4. The molecule has 0 saturated carbocycles. The molecule has 0 radical (unpaired) electrons. The monoisotopic (exact) mass is 227 g/mol. The van der Waals surface area contributed by atoms with Gasteiger partial charge in [0.1, 0.15) is 6.29 Å². The minimum atomic E-state index is 0.531. The summed E-state index contributed by atoms with van der Waals surface area (Å²) in [5.41, 5.74) is 2.52. The quantitative estimate of drug-likeness (QED) is 0.487. The highest BCUT2D eigenvalue weighted by Crippen LogP contribution is 2.23. The van der Waals surface area contributed by atoms with Crippen molar-refractivity contribution in [2.75, 3.05) is 6.54 Å². The van der Waals surface area contributed by atoms with E-state index in [4.69, 9.17) is 0 Å². The number of carbonyl (C=O) groups excluding carboxylic acids is 1. The molecule has 2 nitrogen and oxygen atoms in total. The lowest BCUT2D eigenvalue weighted by molar-refractivity contribution is -0.104. The van der Waals surface area contributed by atoms with Crippen molar-refractivity contribution in [1.29, 1.82) is 0 Å². The Morgan fingerprint density at radius 2 is 1.94 bits per heavy atom. The van der Waals surface area contributed by atoms with Gasteiger partial charge in [-0.2, -0.15) is 0 Å². The fourth-order valence-corrected chi connectivity index (χ4v) is 2.08. The number of hydrogen-bond acceptors (Lipinski definition) is 2. The average molecular weight is 227 g/mol. The van der Waals surface area contributed by atoms with Crippen LogP contribution >= 0.6 is 0 Å². The lowest BCUT2D eigenvalue weighted by atomic mass is 10.0. The first-order valence-electron chi connectivity index (χ1n) is 6.02. The van der Waals surface area contributed by atoms with Crippen LogP contribution in [0.2, 0.25) is 0 Å². The molecule has 1 aromatic carbocycles. The SMILES string of the molecule is O=CC=CC=Cc1ccc(C2CCCN2)cc1. The van der Waals surface area contributed by atoms with Crippen molar-refractivity contribution in [3.05, 3.63) is 53.6 Å². The van der Waals surface area contributed by atoms with E-state index in [-0.39, 0.29) is 0 Å². The molecule has 88 valence electrons. The standard InChI is InChI=1S/C15H17NO/c17-12-3-1-2-5-13-7-9-14(10-8-13)15-6-4-11-16-15/h1-3,5,7-10,12,15-16H,4,6,11H2. The van der Waals surface area contributed by atoms with E-state index < -0.39 is 0 Å². The van der Waals surface area contributed by atoms with E-state index in [0.29, 0.717) is 6.04 Å². The topological polar surface area (TPSA) is 29.1 Å². The number of carbonyl (C=O) groups is 1. The Morgan fingerprint density at radius 1 is 1.12 bits per heavy atom. The summed E-state index contributed by atoms with van der Waals surface area (Å²) in [6.45, 7) is 1.13. The van der Waals surface area contributed by atoms with Crippen molar-refractivity contribution in [2.24, 2.45) is 0 Å². The molecule has 0 amide bonds. The third kappa shape index (κ3) is 3.40. The van der Waals surface area contributed by atoms with E-state index >= 15 is 0 Å². The van der Waals surface area contributed by atoms with Gasteiger partial charge in [0.2, 0.25) is 0 Å².